The van der Waals surface area contributed by atoms with E-state index >= 15 is 0 Å². The first-order valence-corrected chi connectivity index (χ1v) is 11.7. The van der Waals surface area contributed by atoms with Crippen molar-refractivity contribution in [2.75, 3.05) is 11.1 Å². The van der Waals surface area contributed by atoms with Crippen molar-refractivity contribution in [1.29, 1.82) is 0 Å². The lowest BCUT2D eigenvalue weighted by molar-refractivity contribution is -0.137. The number of nitrogens with one attached hydrogen (secondary N) is 1. The highest BCUT2D eigenvalue weighted by atomic mass is 32.2. The molecular formula is C21H23F3N4OS2. The molecule has 1 amide bonds. The predicted molar refractivity (Wildman–Crippen MR) is 119 cm³/mol. The van der Waals surface area contributed by atoms with Crippen molar-refractivity contribution in [3.63, 3.8) is 0 Å². The first-order chi connectivity index (χ1) is 14.7. The van der Waals surface area contributed by atoms with Gasteiger partial charge in [-0.05, 0) is 30.5 Å². The summed E-state index contributed by atoms with van der Waals surface area (Å²) in [5.74, 6) is 0.537. The number of rotatable bonds is 8. The van der Waals surface area contributed by atoms with Crippen LogP contribution in [0.4, 0.5) is 18.9 Å². The van der Waals surface area contributed by atoms with Gasteiger partial charge in [0.1, 0.15) is 0 Å². The van der Waals surface area contributed by atoms with Crippen LogP contribution < -0.4 is 5.32 Å². The van der Waals surface area contributed by atoms with Crippen LogP contribution in [0.2, 0.25) is 0 Å². The molecule has 10 heteroatoms. The van der Waals surface area contributed by atoms with Gasteiger partial charge in [-0.2, -0.15) is 13.2 Å². The van der Waals surface area contributed by atoms with Crippen molar-refractivity contribution < 1.29 is 18.0 Å². The summed E-state index contributed by atoms with van der Waals surface area (Å²) in [6.07, 6.45) is -3.69. The van der Waals surface area contributed by atoms with Gasteiger partial charge in [0.25, 0.3) is 0 Å². The lowest BCUT2D eigenvalue weighted by Gasteiger charge is -2.13. The average molecular weight is 469 g/mol. The second-order valence-corrected chi connectivity index (χ2v) is 9.12. The van der Waals surface area contributed by atoms with E-state index in [1.165, 1.54) is 23.1 Å². The Kier molecular flexibility index (Phi) is 7.42. The number of hydrogen-bond donors (Lipinski definition) is 1. The van der Waals surface area contributed by atoms with Crippen LogP contribution in [-0.2, 0) is 17.5 Å². The molecule has 166 valence electrons. The minimum Gasteiger partial charge on any atom is -0.325 e. The summed E-state index contributed by atoms with van der Waals surface area (Å²) >= 11 is 2.82. The summed E-state index contributed by atoms with van der Waals surface area (Å²) in [5.41, 5.74) is -0.149. The number of halogens is 3. The van der Waals surface area contributed by atoms with E-state index in [9.17, 15) is 18.0 Å². The largest absolute Gasteiger partial charge is 0.418 e. The smallest absolute Gasteiger partial charge is 0.325 e. The fourth-order valence-electron chi connectivity index (χ4n) is 2.96. The molecule has 0 bridgehead atoms. The maximum absolute atomic E-state index is 13.1. The van der Waals surface area contributed by atoms with Crippen LogP contribution in [-0.4, -0.2) is 26.4 Å². The molecule has 0 fully saturated rings. The highest BCUT2D eigenvalue weighted by Gasteiger charge is 2.33. The van der Waals surface area contributed by atoms with Crippen molar-refractivity contribution in [2.45, 2.75) is 51.0 Å². The molecule has 0 radical (unpaired) electrons. The first-order valence-electron chi connectivity index (χ1n) is 9.81. The van der Waals surface area contributed by atoms with Gasteiger partial charge in [-0.3, -0.25) is 4.79 Å². The second-order valence-electron chi connectivity index (χ2n) is 7.23. The van der Waals surface area contributed by atoms with Gasteiger partial charge < -0.3 is 9.88 Å². The SMILES string of the molecule is CCCn1c(SCC(=O)Nc2ccccc2C(F)(F)F)nnc1-c1csc(C(C)C)c1. The van der Waals surface area contributed by atoms with E-state index in [-0.39, 0.29) is 11.4 Å². The normalized spacial score (nSPS) is 11.8. The summed E-state index contributed by atoms with van der Waals surface area (Å²) < 4.78 is 41.3. The summed E-state index contributed by atoms with van der Waals surface area (Å²) in [6, 6.07) is 7.03. The van der Waals surface area contributed by atoms with Gasteiger partial charge >= 0.3 is 6.18 Å². The molecule has 0 saturated carbocycles. The van der Waals surface area contributed by atoms with E-state index in [2.05, 4.69) is 35.4 Å². The predicted octanol–water partition coefficient (Wildman–Crippen LogP) is 6.29. The number of anilines is 1. The zero-order valence-electron chi connectivity index (χ0n) is 17.4. The number of benzene rings is 1. The van der Waals surface area contributed by atoms with Crippen LogP contribution in [0, 0.1) is 0 Å². The van der Waals surface area contributed by atoms with E-state index in [0.29, 0.717) is 17.6 Å². The Bertz CT molecular complexity index is 1040. The van der Waals surface area contributed by atoms with Crippen molar-refractivity contribution in [3.05, 3.63) is 46.2 Å². The van der Waals surface area contributed by atoms with Crippen LogP contribution in [0.15, 0.2) is 40.9 Å². The molecule has 0 aliphatic carbocycles. The number of thiophene rings is 1. The van der Waals surface area contributed by atoms with Crippen LogP contribution >= 0.6 is 23.1 Å². The van der Waals surface area contributed by atoms with Gasteiger partial charge in [0.15, 0.2) is 11.0 Å². The molecule has 31 heavy (non-hydrogen) atoms. The number of carbonyl (C=O) groups is 1. The molecule has 1 aromatic carbocycles. The lowest BCUT2D eigenvalue weighted by atomic mass is 10.1. The fraction of sp³-hybridized carbons (Fsp3) is 0.381. The van der Waals surface area contributed by atoms with Crippen LogP contribution in [0.5, 0.6) is 0 Å². The fourth-order valence-corrected chi connectivity index (χ4v) is 4.63. The van der Waals surface area contributed by atoms with Crippen LogP contribution in [0.1, 0.15) is 43.6 Å². The monoisotopic (exact) mass is 468 g/mol. The number of nitrogens with zero attached hydrogens (tertiary/aromatic N) is 3. The molecule has 0 atom stereocenters. The van der Waals surface area contributed by atoms with Crippen molar-refractivity contribution >= 4 is 34.7 Å². The summed E-state index contributed by atoms with van der Waals surface area (Å²) in [5, 5.41) is 13.5. The molecule has 2 aromatic heterocycles. The molecule has 3 rings (SSSR count). The van der Waals surface area contributed by atoms with E-state index in [4.69, 9.17) is 0 Å². The Labute approximate surface area is 187 Å². The van der Waals surface area contributed by atoms with Crippen molar-refractivity contribution in [2.24, 2.45) is 0 Å². The summed E-state index contributed by atoms with van der Waals surface area (Å²) in [7, 11) is 0. The van der Waals surface area contributed by atoms with Gasteiger partial charge in [-0.25, -0.2) is 0 Å². The Morgan fingerprint density at radius 2 is 2.00 bits per heavy atom. The molecule has 0 aliphatic heterocycles. The quantitative estimate of drug-likeness (QED) is 0.395. The molecule has 0 aliphatic rings. The van der Waals surface area contributed by atoms with E-state index in [1.807, 2.05) is 16.9 Å². The Morgan fingerprint density at radius 1 is 1.26 bits per heavy atom. The Balaban J connectivity index is 1.73. The third-order valence-electron chi connectivity index (χ3n) is 4.45. The van der Waals surface area contributed by atoms with Gasteiger partial charge in [0.2, 0.25) is 5.91 Å². The molecule has 0 spiro atoms. The van der Waals surface area contributed by atoms with Gasteiger partial charge in [-0.1, -0.05) is 44.7 Å². The topological polar surface area (TPSA) is 59.8 Å². The molecule has 3 aromatic rings. The molecule has 1 N–H and O–H groups in total. The van der Waals surface area contributed by atoms with Crippen molar-refractivity contribution in [3.8, 4) is 11.4 Å². The number of para-hydroxylation sites is 1. The molecular weight excluding hydrogens is 445 g/mol. The maximum Gasteiger partial charge on any atom is 0.418 e. The highest BCUT2D eigenvalue weighted by molar-refractivity contribution is 7.99. The van der Waals surface area contributed by atoms with E-state index in [1.54, 1.807) is 11.3 Å². The van der Waals surface area contributed by atoms with Crippen LogP contribution in [0.3, 0.4) is 0 Å². The number of hydrogen-bond acceptors (Lipinski definition) is 5. The number of carbonyl (C=O) groups excluding carboxylic acids is 1. The summed E-state index contributed by atoms with van der Waals surface area (Å²) in [4.78, 5) is 13.6. The average Bonchev–Trinajstić information content (AvgIpc) is 3.33. The number of amides is 1. The molecule has 5 nitrogen and oxygen atoms in total. The van der Waals surface area contributed by atoms with Gasteiger partial charge in [0, 0.05) is 22.4 Å². The van der Waals surface area contributed by atoms with Crippen LogP contribution in [0.25, 0.3) is 11.4 Å². The van der Waals surface area contributed by atoms with Crippen molar-refractivity contribution in [1.82, 2.24) is 14.8 Å². The zero-order chi connectivity index (χ0) is 22.6. The maximum atomic E-state index is 13.1. The third kappa shape index (κ3) is 5.68. The molecule has 2 heterocycles. The van der Waals surface area contributed by atoms with E-state index < -0.39 is 17.6 Å². The Morgan fingerprint density at radius 3 is 2.65 bits per heavy atom. The van der Waals surface area contributed by atoms with E-state index in [0.717, 1.165) is 35.6 Å². The highest BCUT2D eigenvalue weighted by Crippen LogP contribution is 2.35. The third-order valence-corrected chi connectivity index (χ3v) is 6.65. The number of aromatic nitrogens is 3. The number of alkyl halides is 3. The number of thioether (sulfide) groups is 1. The standard InChI is InChI=1S/C21H23F3N4OS2/c1-4-9-28-19(14-10-17(13(2)3)30-11-14)26-27-20(28)31-12-18(29)25-16-8-6-5-7-15(16)21(22,23)24/h5-8,10-11,13H,4,9,12H2,1-3H3,(H,25,29). The first kappa shape index (κ1) is 23.3. The summed E-state index contributed by atoms with van der Waals surface area (Å²) in [6.45, 7) is 6.97. The minimum absolute atomic E-state index is 0.0745. The minimum atomic E-state index is -4.54. The van der Waals surface area contributed by atoms with Gasteiger partial charge in [0.05, 0.1) is 17.0 Å². The van der Waals surface area contributed by atoms with Gasteiger partial charge in [-0.15, -0.1) is 21.5 Å². The molecule has 0 saturated heterocycles. The Hall–Kier alpha value is -2.33. The zero-order valence-corrected chi connectivity index (χ0v) is 19.0. The second kappa shape index (κ2) is 9.86. The lowest BCUT2D eigenvalue weighted by Crippen LogP contribution is -2.18. The molecule has 0 unspecified atom stereocenters.